The minimum atomic E-state index is -0.188. The van der Waals surface area contributed by atoms with Crippen LogP contribution in [0.25, 0.3) is 0 Å². The predicted molar refractivity (Wildman–Crippen MR) is 125 cm³/mol. The first kappa shape index (κ1) is 22.5. The van der Waals surface area contributed by atoms with Gasteiger partial charge in [-0.15, -0.1) is 11.3 Å². The number of nitrogens with one attached hydrogen (secondary N) is 2. The minimum Gasteiger partial charge on any atom is -0.469 e. The van der Waals surface area contributed by atoms with Crippen LogP contribution in [0.1, 0.15) is 64.9 Å². The van der Waals surface area contributed by atoms with Gasteiger partial charge < -0.3 is 15.4 Å². The van der Waals surface area contributed by atoms with E-state index >= 15 is 0 Å². The number of benzene rings is 1. The quantitative estimate of drug-likeness (QED) is 0.631. The number of rotatable bonds is 6. The molecule has 2 N–H and O–H groups in total. The van der Waals surface area contributed by atoms with E-state index in [9.17, 15) is 14.4 Å². The summed E-state index contributed by atoms with van der Waals surface area (Å²) in [5.41, 5.74) is 2.77. The lowest BCUT2D eigenvalue weighted by Gasteiger charge is -2.26. The second-order valence-electron chi connectivity index (χ2n) is 8.64. The van der Waals surface area contributed by atoms with E-state index < -0.39 is 0 Å². The van der Waals surface area contributed by atoms with Crippen LogP contribution >= 0.6 is 11.3 Å². The van der Waals surface area contributed by atoms with Crippen LogP contribution in [0.15, 0.2) is 30.3 Å². The lowest BCUT2D eigenvalue weighted by molar-refractivity contribution is -0.147. The highest BCUT2D eigenvalue weighted by Crippen LogP contribution is 2.39. The van der Waals surface area contributed by atoms with Crippen molar-refractivity contribution in [2.24, 2.45) is 11.8 Å². The summed E-state index contributed by atoms with van der Waals surface area (Å²) in [4.78, 5) is 39.2. The maximum Gasteiger partial charge on any atom is 0.308 e. The molecule has 7 heteroatoms. The molecule has 170 valence electrons. The van der Waals surface area contributed by atoms with Crippen molar-refractivity contribution in [3.05, 3.63) is 51.9 Å². The van der Waals surface area contributed by atoms with Gasteiger partial charge in [-0.1, -0.05) is 30.3 Å². The number of anilines is 1. The number of fused-ring (bicyclic) bond motifs is 1. The number of carbonyl (C=O) groups excluding carboxylic acids is 3. The average molecular weight is 455 g/mol. The molecule has 1 aromatic heterocycles. The van der Waals surface area contributed by atoms with Crippen LogP contribution in [0, 0.1) is 11.8 Å². The van der Waals surface area contributed by atoms with Crippen LogP contribution in [0.5, 0.6) is 0 Å². The molecule has 0 atom stereocenters. The molecule has 32 heavy (non-hydrogen) atoms. The fraction of sp³-hybridized carbons (Fsp3) is 0.480. The van der Waals surface area contributed by atoms with Crippen LogP contribution in [-0.4, -0.2) is 24.9 Å². The number of amides is 2. The monoisotopic (exact) mass is 454 g/mol. The Morgan fingerprint density at radius 1 is 1.00 bits per heavy atom. The summed E-state index contributed by atoms with van der Waals surface area (Å²) in [6, 6.07) is 9.82. The fourth-order valence-electron chi connectivity index (χ4n) is 4.73. The Balaban J connectivity index is 1.46. The predicted octanol–water partition coefficient (Wildman–Crippen LogP) is 4.47. The summed E-state index contributed by atoms with van der Waals surface area (Å²) in [7, 11) is 1.41. The number of methoxy groups -OCH3 is 1. The number of ether oxygens (including phenoxy) is 1. The highest BCUT2D eigenvalue weighted by atomic mass is 32.1. The molecule has 0 radical (unpaired) electrons. The first-order chi connectivity index (χ1) is 15.6. The first-order valence-corrected chi connectivity index (χ1v) is 12.2. The van der Waals surface area contributed by atoms with Gasteiger partial charge in [-0.05, 0) is 62.5 Å². The lowest BCUT2D eigenvalue weighted by Crippen LogP contribution is -2.31. The number of aryl methyl sites for hydroxylation is 1. The number of hydrogen-bond acceptors (Lipinski definition) is 5. The molecule has 2 aromatic rings. The zero-order valence-electron chi connectivity index (χ0n) is 18.4. The molecule has 0 unspecified atom stereocenters. The minimum absolute atomic E-state index is 0.0518. The molecule has 1 aromatic carbocycles. The third-order valence-electron chi connectivity index (χ3n) is 6.56. The van der Waals surface area contributed by atoms with Crippen molar-refractivity contribution in [3.8, 4) is 0 Å². The van der Waals surface area contributed by atoms with Gasteiger partial charge in [0.05, 0.1) is 18.6 Å². The maximum absolute atomic E-state index is 13.2. The highest BCUT2D eigenvalue weighted by Gasteiger charge is 2.32. The van der Waals surface area contributed by atoms with Gasteiger partial charge in [0.2, 0.25) is 5.91 Å². The molecule has 6 nitrogen and oxygen atoms in total. The zero-order valence-corrected chi connectivity index (χ0v) is 19.3. The summed E-state index contributed by atoms with van der Waals surface area (Å²) in [5, 5.41) is 6.78. The van der Waals surface area contributed by atoms with Crippen LogP contribution in [0.2, 0.25) is 0 Å². The SMILES string of the molecule is COC(=O)C1CCC(C(=O)Nc2sc3c(c2C(=O)NCc2ccccc2)CCCC3)CC1. The topological polar surface area (TPSA) is 84.5 Å². The Morgan fingerprint density at radius 3 is 2.41 bits per heavy atom. The van der Waals surface area contributed by atoms with Crippen LogP contribution in [0.4, 0.5) is 5.00 Å². The van der Waals surface area contributed by atoms with Crippen molar-refractivity contribution < 1.29 is 19.1 Å². The Hall–Kier alpha value is -2.67. The fourth-order valence-corrected chi connectivity index (χ4v) is 6.02. The third kappa shape index (κ3) is 5.04. The molecule has 0 bridgehead atoms. The number of thiophene rings is 1. The third-order valence-corrected chi connectivity index (χ3v) is 7.77. The van der Waals surface area contributed by atoms with E-state index in [1.165, 1.54) is 12.0 Å². The second kappa shape index (κ2) is 10.3. The summed E-state index contributed by atoms with van der Waals surface area (Å²) in [6.07, 6.45) is 6.65. The van der Waals surface area contributed by atoms with Crippen LogP contribution in [0.3, 0.4) is 0 Å². The van der Waals surface area contributed by atoms with Gasteiger partial charge in [0, 0.05) is 17.3 Å². The molecule has 4 rings (SSSR count). The van der Waals surface area contributed by atoms with E-state index in [-0.39, 0.29) is 29.6 Å². The normalized spacial score (nSPS) is 20.2. The Kier molecular flexibility index (Phi) is 7.25. The van der Waals surface area contributed by atoms with Crippen LogP contribution < -0.4 is 10.6 Å². The molecule has 2 amide bonds. The van der Waals surface area contributed by atoms with Gasteiger partial charge in [-0.25, -0.2) is 0 Å². The van der Waals surface area contributed by atoms with Crippen molar-refractivity contribution in [1.82, 2.24) is 5.32 Å². The van der Waals surface area contributed by atoms with Crippen molar-refractivity contribution in [2.75, 3.05) is 12.4 Å². The molecule has 0 aliphatic heterocycles. The average Bonchev–Trinajstić information content (AvgIpc) is 3.20. The molecule has 1 heterocycles. The van der Waals surface area contributed by atoms with E-state index in [0.717, 1.165) is 36.8 Å². The maximum atomic E-state index is 13.2. The largest absolute Gasteiger partial charge is 0.469 e. The van der Waals surface area contributed by atoms with Gasteiger partial charge in [0.15, 0.2) is 0 Å². The lowest BCUT2D eigenvalue weighted by atomic mass is 9.81. The van der Waals surface area contributed by atoms with E-state index in [4.69, 9.17) is 4.74 Å². The van der Waals surface area contributed by atoms with Gasteiger partial charge >= 0.3 is 5.97 Å². The first-order valence-electron chi connectivity index (χ1n) is 11.4. The molecular weight excluding hydrogens is 424 g/mol. The molecule has 2 aliphatic carbocycles. The number of hydrogen-bond donors (Lipinski definition) is 2. The van der Waals surface area contributed by atoms with Gasteiger partial charge in [-0.3, -0.25) is 14.4 Å². The van der Waals surface area contributed by atoms with Crippen molar-refractivity contribution in [2.45, 2.75) is 57.9 Å². The van der Waals surface area contributed by atoms with E-state index in [1.54, 1.807) is 11.3 Å². The van der Waals surface area contributed by atoms with E-state index in [1.807, 2.05) is 30.3 Å². The van der Waals surface area contributed by atoms with E-state index in [2.05, 4.69) is 10.6 Å². The summed E-state index contributed by atoms with van der Waals surface area (Å²) in [5.74, 6) is -0.623. The molecule has 1 fully saturated rings. The number of esters is 1. The summed E-state index contributed by atoms with van der Waals surface area (Å²) < 4.78 is 4.84. The van der Waals surface area contributed by atoms with Crippen molar-refractivity contribution in [1.29, 1.82) is 0 Å². The second-order valence-corrected chi connectivity index (χ2v) is 9.75. The molecule has 1 saturated carbocycles. The smallest absolute Gasteiger partial charge is 0.308 e. The van der Waals surface area contributed by atoms with E-state index in [0.29, 0.717) is 42.8 Å². The molecule has 2 aliphatic rings. The molecular formula is C25H30N2O4S. The highest BCUT2D eigenvalue weighted by molar-refractivity contribution is 7.17. The standard InChI is InChI=1S/C25H30N2O4S/c1-31-25(30)18-13-11-17(12-14-18)22(28)27-24-21(19-9-5-6-10-20(19)32-24)23(29)26-15-16-7-3-2-4-8-16/h2-4,7-8,17-18H,5-6,9-15H2,1H3,(H,26,29)(H,27,28). The van der Waals surface area contributed by atoms with Crippen LogP contribution in [-0.2, 0) is 33.7 Å². The summed E-state index contributed by atoms with van der Waals surface area (Å²) >= 11 is 1.55. The Morgan fingerprint density at radius 2 is 1.69 bits per heavy atom. The van der Waals surface area contributed by atoms with Crippen molar-refractivity contribution in [3.63, 3.8) is 0 Å². The molecule has 0 spiro atoms. The van der Waals surface area contributed by atoms with Gasteiger partial charge in [-0.2, -0.15) is 0 Å². The number of carbonyl (C=O) groups is 3. The van der Waals surface area contributed by atoms with Gasteiger partial charge in [0.25, 0.3) is 5.91 Å². The Labute approximate surface area is 192 Å². The van der Waals surface area contributed by atoms with Gasteiger partial charge in [0.1, 0.15) is 5.00 Å². The van der Waals surface area contributed by atoms with Crippen molar-refractivity contribution >= 4 is 34.1 Å². The zero-order chi connectivity index (χ0) is 22.5. The Bertz CT molecular complexity index is 977. The molecule has 0 saturated heterocycles. The summed E-state index contributed by atoms with van der Waals surface area (Å²) in [6.45, 7) is 0.454.